The maximum absolute atomic E-state index is 15.0. The van der Waals surface area contributed by atoms with Gasteiger partial charge >= 0.3 is 0 Å². The Morgan fingerprint density at radius 3 is 2.89 bits per heavy atom. The number of hydrogen-bond acceptors (Lipinski definition) is 7. The maximum atomic E-state index is 15.0. The first-order chi connectivity index (χ1) is 17.0. The van der Waals surface area contributed by atoms with Crippen molar-refractivity contribution in [1.82, 2.24) is 19.8 Å². The molecule has 2 aliphatic rings. The topological polar surface area (TPSA) is 112 Å². The third-order valence-corrected chi connectivity index (χ3v) is 6.47. The van der Waals surface area contributed by atoms with Gasteiger partial charge in [0.1, 0.15) is 6.17 Å². The van der Waals surface area contributed by atoms with Gasteiger partial charge in [0, 0.05) is 38.3 Å². The lowest BCUT2D eigenvalue weighted by Crippen LogP contribution is -2.51. The van der Waals surface area contributed by atoms with Crippen LogP contribution >= 0.6 is 0 Å². The summed E-state index contributed by atoms with van der Waals surface area (Å²) < 4.78 is 21.9. The number of likely N-dealkylation sites (tertiary alicyclic amines) is 1. The molecule has 5 rings (SSSR count). The van der Waals surface area contributed by atoms with Gasteiger partial charge in [-0.3, -0.25) is 14.5 Å². The van der Waals surface area contributed by atoms with Gasteiger partial charge in [0.25, 0.3) is 11.5 Å². The van der Waals surface area contributed by atoms with E-state index in [0.717, 1.165) is 5.39 Å². The molecule has 2 N–H and O–H groups in total. The van der Waals surface area contributed by atoms with Gasteiger partial charge in [-0.1, -0.05) is 6.07 Å². The van der Waals surface area contributed by atoms with Crippen molar-refractivity contribution < 1.29 is 13.9 Å². The first kappa shape index (κ1) is 23.0. The summed E-state index contributed by atoms with van der Waals surface area (Å²) in [5.74, 6) is 0.666. The predicted octanol–water partition coefficient (Wildman–Crippen LogP) is 1.80. The van der Waals surface area contributed by atoms with Gasteiger partial charge in [-0.25, -0.2) is 9.37 Å². The molecule has 3 aromatic rings. The zero-order chi connectivity index (χ0) is 24.4. The van der Waals surface area contributed by atoms with Crippen LogP contribution in [0.1, 0.15) is 17.7 Å². The van der Waals surface area contributed by atoms with E-state index in [1.165, 1.54) is 6.07 Å². The Morgan fingerprint density at radius 2 is 2.06 bits per heavy atom. The number of aromatic nitrogens is 2. The lowest BCUT2D eigenvalue weighted by Gasteiger charge is -2.35. The fourth-order valence-electron chi connectivity index (χ4n) is 4.57. The molecule has 1 saturated heterocycles. The zero-order valence-corrected chi connectivity index (χ0v) is 19.0. The standard InChI is InChI=1S/C25H25FN6O3/c26-19-14-31(9-10-32-21-11-16(12-27)1-2-17(21)3-6-24(32)34)8-7-20(19)28-13-18-4-5-22-25(29-18)30-23(33)15-35-22/h1-6,11,19-20,28H,7-10,13-15H2,(H,29,30,33)/t19-,20+/m1/s1. The molecule has 35 heavy (non-hydrogen) atoms. The highest BCUT2D eigenvalue weighted by Crippen LogP contribution is 2.25. The summed E-state index contributed by atoms with van der Waals surface area (Å²) in [6.07, 6.45) is -0.451. The van der Waals surface area contributed by atoms with Crippen molar-refractivity contribution >= 4 is 22.6 Å². The summed E-state index contributed by atoms with van der Waals surface area (Å²) >= 11 is 0. The Labute approximate surface area is 201 Å². The van der Waals surface area contributed by atoms with Gasteiger partial charge in [-0.2, -0.15) is 5.26 Å². The molecule has 0 aliphatic carbocycles. The number of carbonyl (C=O) groups excluding carboxylic acids is 1. The second-order valence-electron chi connectivity index (χ2n) is 8.79. The Balaban J connectivity index is 1.17. The average molecular weight is 477 g/mol. The Bertz CT molecular complexity index is 1370. The van der Waals surface area contributed by atoms with Crippen LogP contribution in [0.5, 0.6) is 5.75 Å². The van der Waals surface area contributed by atoms with Gasteiger partial charge in [0.2, 0.25) is 0 Å². The highest BCUT2D eigenvalue weighted by Gasteiger charge is 2.29. The molecule has 9 nitrogen and oxygen atoms in total. The molecule has 1 fully saturated rings. The van der Waals surface area contributed by atoms with Crippen LogP contribution in [0.25, 0.3) is 10.9 Å². The van der Waals surface area contributed by atoms with Gasteiger partial charge in [-0.05, 0) is 48.7 Å². The normalized spacial score (nSPS) is 20.1. The Morgan fingerprint density at radius 1 is 1.20 bits per heavy atom. The molecule has 2 aliphatic heterocycles. The number of benzene rings is 1. The minimum atomic E-state index is -1.07. The van der Waals surface area contributed by atoms with Gasteiger partial charge < -0.3 is 19.9 Å². The van der Waals surface area contributed by atoms with Crippen LogP contribution in [0, 0.1) is 11.3 Å². The van der Waals surface area contributed by atoms with E-state index in [-0.39, 0.29) is 30.7 Å². The number of nitrogens with zero attached hydrogens (tertiary/aromatic N) is 4. The minimum absolute atomic E-state index is 0.0234. The van der Waals surface area contributed by atoms with Crippen molar-refractivity contribution in [3.05, 3.63) is 64.1 Å². The summed E-state index contributed by atoms with van der Waals surface area (Å²) in [7, 11) is 0. The van der Waals surface area contributed by atoms with Crippen LogP contribution in [-0.4, -0.2) is 58.8 Å². The number of nitriles is 1. The average Bonchev–Trinajstić information content (AvgIpc) is 2.87. The number of nitrogens with one attached hydrogen (secondary N) is 2. The molecule has 0 unspecified atom stereocenters. The monoisotopic (exact) mass is 476 g/mol. The highest BCUT2D eigenvalue weighted by molar-refractivity contribution is 5.94. The van der Waals surface area contributed by atoms with Crippen LogP contribution < -0.4 is 20.9 Å². The summed E-state index contributed by atoms with van der Waals surface area (Å²) in [5, 5.41) is 16.0. The molecule has 10 heteroatoms. The number of pyridine rings is 2. The van der Waals surface area contributed by atoms with Gasteiger partial charge in [0.15, 0.2) is 18.2 Å². The van der Waals surface area contributed by atoms with Crippen molar-refractivity contribution in [2.75, 3.05) is 31.6 Å². The number of ether oxygens (including phenoxy) is 1. The molecule has 0 saturated carbocycles. The van der Waals surface area contributed by atoms with E-state index in [9.17, 15) is 19.2 Å². The Hall–Kier alpha value is -3.81. The SMILES string of the molecule is N#Cc1ccc2ccc(=O)n(CCN3CC[C@H](NCc4ccc5c(n4)NC(=O)CO5)[C@H](F)C3)c2c1. The maximum Gasteiger partial charge on any atom is 0.263 e. The first-order valence-electron chi connectivity index (χ1n) is 11.6. The fourth-order valence-corrected chi connectivity index (χ4v) is 4.57. The quantitative estimate of drug-likeness (QED) is 0.558. The Kier molecular flexibility index (Phi) is 6.44. The number of fused-ring (bicyclic) bond motifs is 2. The summed E-state index contributed by atoms with van der Waals surface area (Å²) in [6.45, 7) is 2.27. The van der Waals surface area contributed by atoms with Crippen LogP contribution in [0.3, 0.4) is 0 Å². The van der Waals surface area contributed by atoms with Crippen molar-refractivity contribution in [2.24, 2.45) is 0 Å². The van der Waals surface area contributed by atoms with Crippen molar-refractivity contribution in [3.8, 4) is 11.8 Å². The summed E-state index contributed by atoms with van der Waals surface area (Å²) in [5.41, 5.74) is 1.76. The van der Waals surface area contributed by atoms with Gasteiger partial charge in [-0.15, -0.1) is 0 Å². The van der Waals surface area contributed by atoms with E-state index >= 15 is 0 Å². The number of alkyl halides is 1. The van der Waals surface area contributed by atoms with Crippen LogP contribution in [0.15, 0.2) is 47.3 Å². The van der Waals surface area contributed by atoms with Crippen LogP contribution in [0.4, 0.5) is 10.2 Å². The van der Waals surface area contributed by atoms with Crippen molar-refractivity contribution in [3.63, 3.8) is 0 Å². The second kappa shape index (κ2) is 9.82. The lowest BCUT2D eigenvalue weighted by molar-refractivity contribution is -0.118. The number of anilines is 1. The molecular weight excluding hydrogens is 451 g/mol. The molecule has 2 aromatic heterocycles. The molecular formula is C25H25FN6O3. The molecule has 0 radical (unpaired) electrons. The van der Waals surface area contributed by atoms with E-state index in [0.29, 0.717) is 60.9 Å². The number of amides is 1. The number of hydrogen-bond donors (Lipinski definition) is 2. The van der Waals surface area contributed by atoms with Crippen LogP contribution in [0.2, 0.25) is 0 Å². The molecule has 0 bridgehead atoms. The van der Waals surface area contributed by atoms with Crippen molar-refractivity contribution in [1.29, 1.82) is 5.26 Å². The van der Waals surface area contributed by atoms with E-state index in [1.807, 2.05) is 11.0 Å². The first-order valence-corrected chi connectivity index (χ1v) is 11.6. The van der Waals surface area contributed by atoms with Crippen LogP contribution in [-0.2, 0) is 17.9 Å². The van der Waals surface area contributed by atoms with E-state index in [4.69, 9.17) is 4.74 Å². The molecule has 1 aromatic carbocycles. The molecule has 2 atom stereocenters. The second-order valence-corrected chi connectivity index (χ2v) is 8.79. The largest absolute Gasteiger partial charge is 0.480 e. The lowest BCUT2D eigenvalue weighted by atomic mass is 10.0. The van der Waals surface area contributed by atoms with Gasteiger partial charge in [0.05, 0.1) is 22.8 Å². The van der Waals surface area contributed by atoms with E-state index < -0.39 is 6.17 Å². The third-order valence-electron chi connectivity index (χ3n) is 6.47. The fraction of sp³-hybridized carbons (Fsp3) is 0.360. The number of rotatable bonds is 6. The third kappa shape index (κ3) is 5.01. The summed E-state index contributed by atoms with van der Waals surface area (Å²) in [4.78, 5) is 30.4. The molecule has 1 amide bonds. The van der Waals surface area contributed by atoms with Crippen molar-refractivity contribution in [2.45, 2.75) is 31.7 Å². The highest BCUT2D eigenvalue weighted by atomic mass is 19.1. The summed E-state index contributed by atoms with van der Waals surface area (Å²) in [6, 6.07) is 13.9. The number of piperidine rings is 1. The smallest absolute Gasteiger partial charge is 0.263 e. The van der Waals surface area contributed by atoms with E-state index in [2.05, 4.69) is 21.7 Å². The number of halogens is 1. The predicted molar refractivity (Wildman–Crippen MR) is 128 cm³/mol. The minimum Gasteiger partial charge on any atom is -0.480 e. The van der Waals surface area contributed by atoms with E-state index in [1.54, 1.807) is 34.9 Å². The molecule has 4 heterocycles. The molecule has 0 spiro atoms. The number of carbonyl (C=O) groups is 1. The molecule has 180 valence electrons. The zero-order valence-electron chi connectivity index (χ0n) is 19.0.